The molecule has 0 heterocycles. The number of aliphatic hydroxyl groups is 2. The molecule has 0 aliphatic heterocycles. The molecule has 119 heavy (non-hydrogen) atoms. The van der Waals surface area contributed by atoms with Crippen molar-refractivity contribution < 1.29 is 75.8 Å². The third-order valence-corrected chi connectivity index (χ3v) is 21.2. The summed E-state index contributed by atoms with van der Waals surface area (Å²) in [4.78, 5) is 59.0. The van der Waals surface area contributed by atoms with Crippen molar-refractivity contribution in [3.8, 4) is 0 Å². The van der Waals surface area contributed by atoms with Crippen LogP contribution in [0.5, 0.6) is 0 Å². The Kier molecular flexibility index (Phi) is 87.3. The van der Waals surface area contributed by atoms with Crippen LogP contribution >= 0.6 is 15.6 Å². The monoisotopic (exact) mass is 1700 g/mol. The Morgan fingerprint density at radius 1 is 0.235 bits per heavy atom. The number of ether oxygens (including phenoxy) is 3. The van der Waals surface area contributed by atoms with Crippen LogP contribution < -0.4 is 0 Å². The summed E-state index contributed by atoms with van der Waals surface area (Å²) in [6.07, 6.45) is 122. The zero-order valence-corrected chi connectivity index (χ0v) is 76.5. The van der Waals surface area contributed by atoms with Crippen LogP contribution in [0.2, 0.25) is 0 Å². The van der Waals surface area contributed by atoms with Gasteiger partial charge in [-0.1, -0.05) is 382 Å². The number of phosphoric acid groups is 2. The fourth-order valence-corrected chi connectivity index (χ4v) is 13.9. The summed E-state index contributed by atoms with van der Waals surface area (Å²) in [5.41, 5.74) is 0. The van der Waals surface area contributed by atoms with Crippen LogP contribution in [-0.2, 0) is 55.8 Å². The average Bonchev–Trinajstić information content (AvgIpc) is 0.941. The van der Waals surface area contributed by atoms with Crippen molar-refractivity contribution in [1.29, 1.82) is 0 Å². The first-order chi connectivity index (χ1) is 58.2. The van der Waals surface area contributed by atoms with Crippen LogP contribution in [-0.4, -0.2) is 95.9 Å². The lowest BCUT2D eigenvalue weighted by atomic mass is 10.0. The van der Waals surface area contributed by atoms with Crippen molar-refractivity contribution in [3.63, 3.8) is 0 Å². The summed E-state index contributed by atoms with van der Waals surface area (Å²) in [5, 5.41) is 20.7. The standard InChI is InChI=1S/C101H168O16P2/c1-4-7-10-13-16-19-22-25-28-31-34-36-38-40-42-44-46-47-49-51-52-54-56-58-61-63-66-69-72-75-78-81-84-87-99(104)111-90-96(102)91-113-118(107,108)114-92-97(103)93-115-119(109,110)116-95-98(117-101(106)89-86-83-80-77-74-71-68-65-60-33-30-27-24-21-18-15-12-9-6-3)94-112-100(105)88-85-82-79-76-73-70-67-64-62-59-57-55-53-50-48-45-43-41-39-37-35-32-29-26-23-20-17-14-11-8-5-2/h7-12,16-21,25-30,34-37,40-43,46-48,50,60,65,96-98,102-103H,4-6,13-15,22-24,31-33,38-39,44-45,49,51-59,61-64,66-95H2,1-3H3,(H,107,108)(H,109,110)/b10-7-,11-8-,12-9-,19-16-,20-17-,21-18-,28-25-,29-26-,30-27-,36-34-,37-35-,42-40-,43-41-,47-46-,50-48-,65-60-. The van der Waals surface area contributed by atoms with E-state index in [1.807, 2.05) is 0 Å². The second-order valence-corrected chi connectivity index (χ2v) is 33.6. The zero-order valence-electron chi connectivity index (χ0n) is 74.7. The molecule has 4 N–H and O–H groups in total. The van der Waals surface area contributed by atoms with Crippen LogP contribution in [0.3, 0.4) is 0 Å². The van der Waals surface area contributed by atoms with Crippen LogP contribution in [0.25, 0.3) is 0 Å². The summed E-state index contributed by atoms with van der Waals surface area (Å²) < 4.78 is 61.5. The minimum Gasteiger partial charge on any atom is -0.463 e. The normalized spacial score (nSPS) is 14.6. The number of carbonyl (C=O) groups excluding carboxylic acids is 3. The van der Waals surface area contributed by atoms with Crippen molar-refractivity contribution in [1.82, 2.24) is 0 Å². The molecular formula is C101H168O16P2. The molecule has 5 atom stereocenters. The fraction of sp³-hybridized carbons (Fsp3) is 0.653. The first kappa shape index (κ1) is 113. The predicted octanol–water partition coefficient (Wildman–Crippen LogP) is 29.0. The molecule has 0 radical (unpaired) electrons. The largest absolute Gasteiger partial charge is 0.472 e. The van der Waals surface area contributed by atoms with Gasteiger partial charge in [0.15, 0.2) is 6.10 Å². The Bertz CT molecular complexity index is 2940. The molecule has 0 aliphatic carbocycles. The van der Waals surface area contributed by atoms with Gasteiger partial charge in [0, 0.05) is 19.3 Å². The van der Waals surface area contributed by atoms with Gasteiger partial charge >= 0.3 is 33.6 Å². The number of hydrogen-bond acceptors (Lipinski definition) is 14. The van der Waals surface area contributed by atoms with E-state index >= 15 is 0 Å². The van der Waals surface area contributed by atoms with Gasteiger partial charge in [-0.05, 0) is 161 Å². The van der Waals surface area contributed by atoms with Crippen molar-refractivity contribution >= 4 is 33.6 Å². The number of allylic oxidation sites excluding steroid dienone is 32. The molecule has 0 aromatic rings. The maximum Gasteiger partial charge on any atom is 0.472 e. The van der Waals surface area contributed by atoms with Crippen LogP contribution in [0.4, 0.5) is 0 Å². The first-order valence-corrected chi connectivity index (χ1v) is 49.7. The Balaban J connectivity index is 4.56. The lowest BCUT2D eigenvalue weighted by Gasteiger charge is -2.21. The van der Waals surface area contributed by atoms with E-state index in [1.54, 1.807) is 0 Å². The second-order valence-electron chi connectivity index (χ2n) is 30.7. The molecule has 0 aliphatic rings. The molecule has 678 valence electrons. The minimum atomic E-state index is -4.95. The van der Waals surface area contributed by atoms with Crippen molar-refractivity contribution in [2.45, 2.75) is 386 Å². The van der Waals surface area contributed by atoms with Crippen molar-refractivity contribution in [2.75, 3.05) is 39.6 Å². The van der Waals surface area contributed by atoms with Gasteiger partial charge in [-0.25, -0.2) is 9.13 Å². The van der Waals surface area contributed by atoms with E-state index in [0.29, 0.717) is 19.3 Å². The molecule has 0 saturated heterocycles. The van der Waals surface area contributed by atoms with Gasteiger partial charge in [0.1, 0.15) is 25.4 Å². The van der Waals surface area contributed by atoms with Crippen LogP contribution in [0.15, 0.2) is 194 Å². The van der Waals surface area contributed by atoms with Gasteiger partial charge in [0.05, 0.1) is 26.4 Å². The molecule has 5 unspecified atom stereocenters. The number of unbranched alkanes of at least 4 members (excludes halogenated alkanes) is 32. The maximum atomic E-state index is 13.1. The summed E-state index contributed by atoms with van der Waals surface area (Å²) in [6.45, 7) is 2.35. The lowest BCUT2D eigenvalue weighted by Crippen LogP contribution is -2.30. The number of aliphatic hydroxyl groups excluding tert-OH is 2. The molecule has 0 amide bonds. The summed E-state index contributed by atoms with van der Waals surface area (Å²) >= 11 is 0. The van der Waals surface area contributed by atoms with Crippen LogP contribution in [0.1, 0.15) is 367 Å². The average molecular weight is 1700 g/mol. The number of carbonyl (C=O) groups is 3. The van der Waals surface area contributed by atoms with Gasteiger partial charge in [-0.3, -0.25) is 32.5 Å². The summed E-state index contributed by atoms with van der Waals surface area (Å²) in [7, 11) is -9.82. The quantitative estimate of drug-likeness (QED) is 0.0146. The summed E-state index contributed by atoms with van der Waals surface area (Å²) in [6, 6.07) is 0. The third-order valence-electron chi connectivity index (χ3n) is 19.3. The first-order valence-electron chi connectivity index (χ1n) is 46.7. The Labute approximate surface area is 725 Å². The minimum absolute atomic E-state index is 0.0829. The molecule has 0 aromatic carbocycles. The number of rotatable bonds is 87. The highest BCUT2D eigenvalue weighted by Crippen LogP contribution is 2.45. The molecule has 0 fully saturated rings. The molecule has 0 bridgehead atoms. The predicted molar refractivity (Wildman–Crippen MR) is 500 cm³/mol. The molecule has 0 aromatic heterocycles. The Morgan fingerprint density at radius 3 is 0.664 bits per heavy atom. The van der Waals surface area contributed by atoms with E-state index in [-0.39, 0.29) is 19.3 Å². The van der Waals surface area contributed by atoms with E-state index in [0.717, 1.165) is 199 Å². The molecule has 16 nitrogen and oxygen atoms in total. The zero-order chi connectivity index (χ0) is 86.5. The highest BCUT2D eigenvalue weighted by Gasteiger charge is 2.29. The topological polar surface area (TPSA) is 231 Å². The Morgan fingerprint density at radius 2 is 0.420 bits per heavy atom. The van der Waals surface area contributed by atoms with Crippen molar-refractivity contribution in [2.24, 2.45) is 0 Å². The van der Waals surface area contributed by atoms with Gasteiger partial charge in [0.25, 0.3) is 0 Å². The number of hydrogen-bond donors (Lipinski definition) is 4. The van der Waals surface area contributed by atoms with Gasteiger partial charge < -0.3 is 34.2 Å². The highest BCUT2D eigenvalue weighted by molar-refractivity contribution is 7.47. The lowest BCUT2D eigenvalue weighted by molar-refractivity contribution is -0.161. The van der Waals surface area contributed by atoms with Crippen molar-refractivity contribution in [3.05, 3.63) is 194 Å². The van der Waals surface area contributed by atoms with E-state index in [1.165, 1.54) is 109 Å². The fourth-order valence-electron chi connectivity index (χ4n) is 12.3. The van der Waals surface area contributed by atoms with E-state index in [9.17, 15) is 43.5 Å². The molecule has 0 rings (SSSR count). The Hall–Kier alpha value is -5.61. The highest BCUT2D eigenvalue weighted by atomic mass is 31.2. The smallest absolute Gasteiger partial charge is 0.463 e. The third kappa shape index (κ3) is 92.9. The molecule has 0 saturated carbocycles. The van der Waals surface area contributed by atoms with Crippen LogP contribution in [0, 0.1) is 0 Å². The number of phosphoric ester groups is 2. The number of esters is 3. The SMILES string of the molecule is CC/C=C\C/C=C\C/C=C\C/C=C\C/C=C\C/C=C\CCCCCCCCCCCCCCCCC(=O)OCC(O)COP(=O)(O)OCC(O)COP(=O)(O)OCC(COC(=O)CCCCCCCCCCCCCC/C=C\C/C=C\C/C=C\C/C=C\C/C=C\C/C=C\CC)OC(=O)CCCCCCCC/C=C\C/C=C\C/C=C\C/C=C\CC. The second kappa shape index (κ2) is 91.6. The van der Waals surface area contributed by atoms with Gasteiger partial charge in [-0.15, -0.1) is 0 Å². The van der Waals surface area contributed by atoms with E-state index in [4.69, 9.17) is 32.3 Å². The van der Waals surface area contributed by atoms with Gasteiger partial charge in [0.2, 0.25) is 0 Å². The maximum absolute atomic E-state index is 13.1. The van der Waals surface area contributed by atoms with Gasteiger partial charge in [-0.2, -0.15) is 0 Å². The van der Waals surface area contributed by atoms with E-state index < -0.39 is 91.5 Å². The molecule has 18 heteroatoms. The molecule has 0 spiro atoms. The van der Waals surface area contributed by atoms with E-state index in [2.05, 4.69) is 215 Å². The molecular weight excluding hydrogens is 1530 g/mol. The summed E-state index contributed by atoms with van der Waals surface area (Å²) in [5.74, 6) is -1.59.